The largest absolute Gasteiger partial charge is 0.496 e. The number of methoxy groups -OCH3 is 1. The molecule has 0 spiro atoms. The quantitative estimate of drug-likeness (QED) is 0.766. The second kappa shape index (κ2) is 8.82. The Balaban J connectivity index is 1.55. The first-order chi connectivity index (χ1) is 13.0. The lowest BCUT2D eigenvalue weighted by Crippen LogP contribution is -2.37. The number of Topliss-reactive ketones (excluding diaryl/α,β-unsaturated/α-hetero) is 1. The highest BCUT2D eigenvalue weighted by Gasteiger charge is 2.24. The van der Waals surface area contributed by atoms with Gasteiger partial charge in [0, 0.05) is 36.8 Å². The van der Waals surface area contributed by atoms with Crippen LogP contribution in [0.3, 0.4) is 0 Å². The molecule has 142 valence electrons. The van der Waals surface area contributed by atoms with E-state index in [-0.39, 0.29) is 24.2 Å². The maximum Gasteiger partial charge on any atom is 0.224 e. The minimum absolute atomic E-state index is 0.0216. The van der Waals surface area contributed by atoms with Crippen LogP contribution in [-0.2, 0) is 17.8 Å². The van der Waals surface area contributed by atoms with Gasteiger partial charge in [0.2, 0.25) is 5.91 Å². The van der Waals surface area contributed by atoms with Crippen LogP contribution in [0.5, 0.6) is 5.75 Å². The van der Waals surface area contributed by atoms with Gasteiger partial charge in [0.15, 0.2) is 5.78 Å². The molecule has 1 fully saturated rings. The maximum absolute atomic E-state index is 12.5. The van der Waals surface area contributed by atoms with Crippen molar-refractivity contribution in [3.8, 4) is 5.75 Å². The average molecular weight is 366 g/mol. The SMILES string of the molecule is COc1ccc(C(C)=O)cc1CC(=O)N[C@@H]1CCN(Cc2ccccc2)C1. The van der Waals surface area contributed by atoms with Crippen molar-refractivity contribution in [1.29, 1.82) is 0 Å². The van der Waals surface area contributed by atoms with Crippen molar-refractivity contribution < 1.29 is 14.3 Å². The Kier molecular flexibility index (Phi) is 6.24. The van der Waals surface area contributed by atoms with Gasteiger partial charge in [-0.3, -0.25) is 14.5 Å². The molecule has 0 radical (unpaired) electrons. The summed E-state index contributed by atoms with van der Waals surface area (Å²) in [5, 5.41) is 3.12. The van der Waals surface area contributed by atoms with Crippen LogP contribution in [0.1, 0.15) is 34.8 Å². The second-order valence-electron chi connectivity index (χ2n) is 7.03. The predicted molar refractivity (Wildman–Crippen MR) is 105 cm³/mol. The number of hydrogen-bond donors (Lipinski definition) is 1. The monoisotopic (exact) mass is 366 g/mol. The molecule has 27 heavy (non-hydrogen) atoms. The van der Waals surface area contributed by atoms with E-state index in [1.165, 1.54) is 12.5 Å². The molecule has 0 aromatic heterocycles. The van der Waals surface area contributed by atoms with Crippen molar-refractivity contribution in [2.45, 2.75) is 32.4 Å². The number of carbonyl (C=O) groups is 2. The first-order valence-electron chi connectivity index (χ1n) is 9.28. The smallest absolute Gasteiger partial charge is 0.224 e. The predicted octanol–water partition coefficient (Wildman–Crippen LogP) is 2.83. The summed E-state index contributed by atoms with van der Waals surface area (Å²) in [6, 6.07) is 15.7. The van der Waals surface area contributed by atoms with Gasteiger partial charge in [-0.25, -0.2) is 0 Å². The van der Waals surface area contributed by atoms with Gasteiger partial charge in [-0.1, -0.05) is 30.3 Å². The van der Waals surface area contributed by atoms with Crippen LogP contribution in [-0.4, -0.2) is 42.8 Å². The van der Waals surface area contributed by atoms with Gasteiger partial charge in [0.25, 0.3) is 0 Å². The number of amides is 1. The summed E-state index contributed by atoms with van der Waals surface area (Å²) in [7, 11) is 1.57. The highest BCUT2D eigenvalue weighted by atomic mass is 16.5. The highest BCUT2D eigenvalue weighted by molar-refractivity contribution is 5.94. The number of rotatable bonds is 7. The first kappa shape index (κ1) is 19.1. The van der Waals surface area contributed by atoms with Crippen molar-refractivity contribution in [2.24, 2.45) is 0 Å². The van der Waals surface area contributed by atoms with Gasteiger partial charge >= 0.3 is 0 Å². The number of ketones is 1. The van der Waals surface area contributed by atoms with E-state index in [1.54, 1.807) is 25.3 Å². The van der Waals surface area contributed by atoms with Crippen molar-refractivity contribution in [3.63, 3.8) is 0 Å². The number of nitrogens with zero attached hydrogens (tertiary/aromatic N) is 1. The molecule has 0 saturated carbocycles. The molecule has 5 heteroatoms. The average Bonchev–Trinajstić information content (AvgIpc) is 3.09. The molecule has 0 bridgehead atoms. The third kappa shape index (κ3) is 5.17. The van der Waals surface area contributed by atoms with Crippen molar-refractivity contribution in [2.75, 3.05) is 20.2 Å². The second-order valence-corrected chi connectivity index (χ2v) is 7.03. The molecule has 1 saturated heterocycles. The van der Waals surface area contributed by atoms with E-state index >= 15 is 0 Å². The Morgan fingerprint density at radius 2 is 1.96 bits per heavy atom. The minimum Gasteiger partial charge on any atom is -0.496 e. The number of hydrogen-bond acceptors (Lipinski definition) is 4. The first-order valence-corrected chi connectivity index (χ1v) is 9.28. The Morgan fingerprint density at radius 3 is 2.67 bits per heavy atom. The van der Waals surface area contributed by atoms with Gasteiger partial charge in [0.1, 0.15) is 5.75 Å². The third-order valence-electron chi connectivity index (χ3n) is 4.92. The lowest BCUT2D eigenvalue weighted by Gasteiger charge is -2.17. The van der Waals surface area contributed by atoms with Crippen LogP contribution in [0, 0.1) is 0 Å². The zero-order valence-corrected chi connectivity index (χ0v) is 15.9. The lowest BCUT2D eigenvalue weighted by molar-refractivity contribution is -0.121. The van der Waals surface area contributed by atoms with Crippen molar-refractivity contribution in [3.05, 3.63) is 65.2 Å². The fourth-order valence-electron chi connectivity index (χ4n) is 3.52. The summed E-state index contributed by atoms with van der Waals surface area (Å²) in [5.74, 6) is 0.569. The van der Waals surface area contributed by atoms with Gasteiger partial charge in [-0.2, -0.15) is 0 Å². The van der Waals surface area contributed by atoms with Crippen LogP contribution < -0.4 is 10.1 Å². The molecule has 2 aromatic rings. The minimum atomic E-state index is -0.0411. The number of carbonyl (C=O) groups excluding carboxylic acids is 2. The van der Waals surface area contributed by atoms with Gasteiger partial charge < -0.3 is 10.1 Å². The number of benzene rings is 2. The van der Waals surface area contributed by atoms with Crippen LogP contribution in [0.25, 0.3) is 0 Å². The molecule has 1 aliphatic heterocycles. The Morgan fingerprint density at radius 1 is 1.19 bits per heavy atom. The summed E-state index contributed by atoms with van der Waals surface area (Å²) in [5.41, 5.74) is 2.62. The maximum atomic E-state index is 12.5. The van der Waals surface area contributed by atoms with E-state index in [1.807, 2.05) is 18.2 Å². The van der Waals surface area contributed by atoms with Crippen molar-refractivity contribution >= 4 is 11.7 Å². The fourth-order valence-corrected chi connectivity index (χ4v) is 3.52. The molecule has 5 nitrogen and oxygen atoms in total. The summed E-state index contributed by atoms with van der Waals surface area (Å²) in [6.07, 6.45) is 1.16. The van der Waals surface area contributed by atoms with E-state index in [0.29, 0.717) is 11.3 Å². The molecule has 1 heterocycles. The van der Waals surface area contributed by atoms with Gasteiger partial charge in [-0.05, 0) is 37.1 Å². The summed E-state index contributed by atoms with van der Waals surface area (Å²) >= 11 is 0. The molecule has 1 atom stereocenters. The number of nitrogens with one attached hydrogen (secondary N) is 1. The molecule has 3 rings (SSSR count). The number of ether oxygens (including phenoxy) is 1. The van der Waals surface area contributed by atoms with Crippen LogP contribution in [0.2, 0.25) is 0 Å². The van der Waals surface area contributed by atoms with E-state index in [9.17, 15) is 9.59 Å². The summed E-state index contributed by atoms with van der Waals surface area (Å²) < 4.78 is 5.33. The topological polar surface area (TPSA) is 58.6 Å². The van der Waals surface area contributed by atoms with Gasteiger partial charge in [0.05, 0.1) is 13.5 Å². The zero-order valence-electron chi connectivity index (χ0n) is 15.9. The summed E-state index contributed by atoms with van der Waals surface area (Å²) in [6.45, 7) is 4.25. The van der Waals surface area contributed by atoms with E-state index in [2.05, 4.69) is 22.3 Å². The van der Waals surface area contributed by atoms with E-state index in [4.69, 9.17) is 4.74 Å². The third-order valence-corrected chi connectivity index (χ3v) is 4.92. The van der Waals surface area contributed by atoms with Gasteiger partial charge in [-0.15, -0.1) is 0 Å². The molecular formula is C22H26N2O3. The Hall–Kier alpha value is -2.66. The fraction of sp³-hybridized carbons (Fsp3) is 0.364. The highest BCUT2D eigenvalue weighted by Crippen LogP contribution is 2.21. The zero-order chi connectivity index (χ0) is 19.2. The Labute approximate surface area is 160 Å². The molecule has 1 amide bonds. The summed E-state index contributed by atoms with van der Waals surface area (Å²) in [4.78, 5) is 26.5. The molecule has 2 aromatic carbocycles. The molecule has 1 N–H and O–H groups in total. The lowest BCUT2D eigenvalue weighted by atomic mass is 10.0. The van der Waals surface area contributed by atoms with Crippen LogP contribution in [0.4, 0.5) is 0 Å². The van der Waals surface area contributed by atoms with Crippen LogP contribution in [0.15, 0.2) is 48.5 Å². The van der Waals surface area contributed by atoms with E-state index in [0.717, 1.165) is 31.6 Å². The normalized spacial score (nSPS) is 16.9. The molecule has 0 aliphatic carbocycles. The van der Waals surface area contributed by atoms with Crippen molar-refractivity contribution in [1.82, 2.24) is 10.2 Å². The molecular weight excluding hydrogens is 340 g/mol. The standard InChI is InChI=1S/C22H26N2O3/c1-16(25)18-8-9-21(27-2)19(12-18)13-22(26)23-20-10-11-24(15-20)14-17-6-4-3-5-7-17/h3-9,12,20H,10-11,13-15H2,1-2H3,(H,23,26)/t20-/m1/s1. The van der Waals surface area contributed by atoms with E-state index < -0.39 is 0 Å². The molecule has 1 aliphatic rings. The molecule has 0 unspecified atom stereocenters. The van der Waals surface area contributed by atoms with Crippen LogP contribution >= 0.6 is 0 Å². The number of likely N-dealkylation sites (tertiary alicyclic amines) is 1. The Bertz CT molecular complexity index is 804.